The molecule has 6 nitrogen and oxygen atoms in total. The van der Waals surface area contributed by atoms with Crippen LogP contribution in [-0.2, 0) is 32.0 Å². The Morgan fingerprint density at radius 2 is 1.69 bits per heavy atom. The monoisotopic (exact) mass is 436 g/mol. The predicted octanol–water partition coefficient (Wildman–Crippen LogP) is 4.08. The summed E-state index contributed by atoms with van der Waals surface area (Å²) >= 11 is 0. The van der Waals surface area contributed by atoms with E-state index in [1.165, 1.54) is 0 Å². The topological polar surface area (TPSA) is 77.0 Å². The number of ether oxygens (including phenoxy) is 1. The number of hydrogen-bond acceptors (Lipinski definition) is 5. The third-order valence-corrected chi connectivity index (χ3v) is 5.61. The lowest BCUT2D eigenvalue weighted by Gasteiger charge is -2.26. The number of hydrogen-bond donors (Lipinski definition) is 1. The molecule has 0 saturated carbocycles. The molecule has 0 spiro atoms. The highest BCUT2D eigenvalue weighted by molar-refractivity contribution is 5.99. The van der Waals surface area contributed by atoms with Gasteiger partial charge in [-0.15, -0.1) is 0 Å². The summed E-state index contributed by atoms with van der Waals surface area (Å²) in [6, 6.07) is 19.3. The molecule has 0 aliphatic carbocycles. The standard InChI is InChI=1S/C26H32N2O4/c1-4-31-25(30)26(17-21-13-9-6-10-14-21)18-22(28-32-26)24(19(2)3)27-23(29)16-15-20-11-7-5-8-12-20/h5-14,19,24H,4,15-18H2,1-3H3,(H,27,29)/t24-,26?/m0/s1. The number of rotatable bonds is 10. The van der Waals surface area contributed by atoms with Gasteiger partial charge in [0.15, 0.2) is 0 Å². The molecule has 1 aliphatic rings. The van der Waals surface area contributed by atoms with E-state index in [4.69, 9.17) is 9.57 Å². The van der Waals surface area contributed by atoms with Gasteiger partial charge in [0.25, 0.3) is 0 Å². The van der Waals surface area contributed by atoms with Gasteiger partial charge in [0.05, 0.1) is 18.4 Å². The van der Waals surface area contributed by atoms with Gasteiger partial charge in [0.2, 0.25) is 11.5 Å². The number of benzene rings is 2. The molecule has 2 atom stereocenters. The quantitative estimate of drug-likeness (QED) is 0.570. The fraction of sp³-hybridized carbons (Fsp3) is 0.423. The molecule has 0 aromatic heterocycles. The minimum absolute atomic E-state index is 0.0491. The van der Waals surface area contributed by atoms with Crippen LogP contribution in [0.3, 0.4) is 0 Å². The molecule has 6 heteroatoms. The maximum absolute atomic E-state index is 12.9. The second kappa shape index (κ2) is 10.9. The highest BCUT2D eigenvalue weighted by Crippen LogP contribution is 2.32. The number of nitrogens with zero attached hydrogens (tertiary/aromatic N) is 1. The van der Waals surface area contributed by atoms with Crippen LogP contribution in [0.1, 0.15) is 44.7 Å². The third-order valence-electron chi connectivity index (χ3n) is 5.61. The van der Waals surface area contributed by atoms with E-state index in [0.29, 0.717) is 25.0 Å². The van der Waals surface area contributed by atoms with Crippen molar-refractivity contribution < 1.29 is 19.2 Å². The number of oxime groups is 1. The largest absolute Gasteiger partial charge is 0.463 e. The highest BCUT2D eigenvalue weighted by atomic mass is 16.7. The average Bonchev–Trinajstić information content (AvgIpc) is 3.22. The first-order valence-electron chi connectivity index (χ1n) is 11.2. The van der Waals surface area contributed by atoms with Crippen molar-refractivity contribution in [2.45, 2.75) is 58.1 Å². The first-order valence-corrected chi connectivity index (χ1v) is 11.2. The van der Waals surface area contributed by atoms with Crippen LogP contribution in [-0.4, -0.2) is 35.8 Å². The number of nitrogens with one attached hydrogen (secondary N) is 1. The smallest absolute Gasteiger partial charge is 0.354 e. The van der Waals surface area contributed by atoms with Crippen LogP contribution in [0.15, 0.2) is 65.8 Å². The highest BCUT2D eigenvalue weighted by Gasteiger charge is 2.49. The first-order chi connectivity index (χ1) is 15.4. The van der Waals surface area contributed by atoms with Crippen LogP contribution >= 0.6 is 0 Å². The van der Waals surface area contributed by atoms with E-state index in [-0.39, 0.29) is 30.9 Å². The molecule has 0 radical (unpaired) electrons. The van der Waals surface area contributed by atoms with Crippen molar-refractivity contribution in [3.8, 4) is 0 Å². The van der Waals surface area contributed by atoms with E-state index in [1.807, 2.05) is 74.5 Å². The molecule has 1 aliphatic heterocycles. The molecule has 1 unspecified atom stereocenters. The number of aryl methyl sites for hydroxylation is 1. The SMILES string of the molecule is CCOC(=O)C1(Cc2ccccc2)CC([C@@H](NC(=O)CCc2ccccc2)C(C)C)=NO1. The lowest BCUT2D eigenvalue weighted by Crippen LogP contribution is -2.48. The maximum atomic E-state index is 12.9. The molecule has 0 fully saturated rings. The summed E-state index contributed by atoms with van der Waals surface area (Å²) in [6.07, 6.45) is 1.69. The number of carbonyl (C=O) groups is 2. The Morgan fingerprint density at radius 3 is 2.28 bits per heavy atom. The number of amides is 1. The van der Waals surface area contributed by atoms with Gasteiger partial charge >= 0.3 is 5.97 Å². The van der Waals surface area contributed by atoms with Gasteiger partial charge < -0.3 is 14.9 Å². The van der Waals surface area contributed by atoms with Crippen LogP contribution in [0.2, 0.25) is 0 Å². The summed E-state index contributed by atoms with van der Waals surface area (Å²) in [5.74, 6) is -0.389. The molecule has 1 amide bonds. The van der Waals surface area contributed by atoms with E-state index in [2.05, 4.69) is 10.5 Å². The molecule has 170 valence electrons. The fourth-order valence-corrected chi connectivity index (χ4v) is 3.92. The molecule has 0 bridgehead atoms. The summed E-state index contributed by atoms with van der Waals surface area (Å²) < 4.78 is 5.33. The van der Waals surface area contributed by atoms with Crippen LogP contribution in [0, 0.1) is 5.92 Å². The van der Waals surface area contributed by atoms with E-state index >= 15 is 0 Å². The van der Waals surface area contributed by atoms with Gasteiger partial charge in [-0.05, 0) is 30.4 Å². The van der Waals surface area contributed by atoms with Crippen molar-refractivity contribution in [2.24, 2.45) is 11.1 Å². The van der Waals surface area contributed by atoms with Crippen LogP contribution in [0.25, 0.3) is 0 Å². The number of carbonyl (C=O) groups excluding carboxylic acids is 2. The minimum Gasteiger partial charge on any atom is -0.463 e. The van der Waals surface area contributed by atoms with Crippen LogP contribution < -0.4 is 5.32 Å². The van der Waals surface area contributed by atoms with Crippen LogP contribution in [0.5, 0.6) is 0 Å². The van der Waals surface area contributed by atoms with E-state index in [0.717, 1.165) is 11.1 Å². The van der Waals surface area contributed by atoms with E-state index in [9.17, 15) is 9.59 Å². The minimum atomic E-state index is -1.21. The van der Waals surface area contributed by atoms with Crippen molar-refractivity contribution in [3.63, 3.8) is 0 Å². The summed E-state index contributed by atoms with van der Waals surface area (Å²) in [6.45, 7) is 6.07. The van der Waals surface area contributed by atoms with Crippen molar-refractivity contribution in [3.05, 3.63) is 71.8 Å². The molecule has 2 aromatic rings. The second-order valence-electron chi connectivity index (χ2n) is 8.50. The fourth-order valence-electron chi connectivity index (χ4n) is 3.92. The molecule has 1 N–H and O–H groups in total. The summed E-state index contributed by atoms with van der Waals surface area (Å²) in [5.41, 5.74) is 1.53. The van der Waals surface area contributed by atoms with Crippen molar-refractivity contribution >= 4 is 17.6 Å². The predicted molar refractivity (Wildman–Crippen MR) is 124 cm³/mol. The Morgan fingerprint density at radius 1 is 1.06 bits per heavy atom. The maximum Gasteiger partial charge on any atom is 0.354 e. The summed E-state index contributed by atoms with van der Waals surface area (Å²) in [5, 5.41) is 7.38. The normalized spacial score (nSPS) is 18.6. The van der Waals surface area contributed by atoms with Gasteiger partial charge in [-0.2, -0.15) is 0 Å². The van der Waals surface area contributed by atoms with Gasteiger partial charge in [-0.3, -0.25) is 4.79 Å². The van der Waals surface area contributed by atoms with Crippen LogP contribution in [0.4, 0.5) is 0 Å². The molecular weight excluding hydrogens is 404 g/mol. The van der Waals surface area contributed by atoms with Crippen molar-refractivity contribution in [2.75, 3.05) is 6.61 Å². The Balaban J connectivity index is 1.69. The Hall–Kier alpha value is -3.15. The zero-order valence-electron chi connectivity index (χ0n) is 19.0. The van der Waals surface area contributed by atoms with Gasteiger partial charge in [0.1, 0.15) is 0 Å². The lowest BCUT2D eigenvalue weighted by molar-refractivity contribution is -0.168. The third kappa shape index (κ3) is 5.96. The molecule has 32 heavy (non-hydrogen) atoms. The zero-order chi connectivity index (χ0) is 23.0. The molecule has 3 rings (SSSR count). The zero-order valence-corrected chi connectivity index (χ0v) is 19.0. The molecular formula is C26H32N2O4. The first kappa shape index (κ1) is 23.5. The van der Waals surface area contributed by atoms with Gasteiger partial charge in [0, 0.05) is 19.3 Å². The Kier molecular flexibility index (Phi) is 8.03. The molecule has 1 heterocycles. The summed E-state index contributed by atoms with van der Waals surface area (Å²) in [4.78, 5) is 31.3. The Bertz CT molecular complexity index is 927. The van der Waals surface area contributed by atoms with E-state index in [1.54, 1.807) is 6.92 Å². The Labute approximate surface area is 190 Å². The summed E-state index contributed by atoms with van der Waals surface area (Å²) in [7, 11) is 0. The molecule has 0 saturated heterocycles. The van der Waals surface area contributed by atoms with Gasteiger partial charge in [-0.25, -0.2) is 4.79 Å². The molecule has 2 aromatic carbocycles. The average molecular weight is 437 g/mol. The second-order valence-corrected chi connectivity index (χ2v) is 8.50. The van der Waals surface area contributed by atoms with E-state index < -0.39 is 11.6 Å². The van der Waals surface area contributed by atoms with Crippen molar-refractivity contribution in [1.82, 2.24) is 5.32 Å². The number of esters is 1. The van der Waals surface area contributed by atoms with Crippen molar-refractivity contribution in [1.29, 1.82) is 0 Å². The lowest BCUT2D eigenvalue weighted by atomic mass is 9.85. The van der Waals surface area contributed by atoms with Gasteiger partial charge in [-0.1, -0.05) is 79.7 Å².